The van der Waals surface area contributed by atoms with E-state index in [1.807, 2.05) is 0 Å². The smallest absolute Gasteiger partial charge is 0.253 e. The lowest BCUT2D eigenvalue weighted by atomic mass is 9.94. The third kappa shape index (κ3) is 3.26. The molecule has 0 fully saturated rings. The van der Waals surface area contributed by atoms with Crippen molar-refractivity contribution >= 4 is 23.2 Å². The number of carbonyl (C=O) groups excluding carboxylic acids is 1. The molecule has 0 saturated carbocycles. The summed E-state index contributed by atoms with van der Waals surface area (Å²) in [4.78, 5) is 12.0. The minimum absolute atomic E-state index is 0.149. The van der Waals surface area contributed by atoms with Crippen LogP contribution >= 0.6 is 11.6 Å². The van der Waals surface area contributed by atoms with Crippen molar-refractivity contribution in [2.75, 3.05) is 12.3 Å². The second kappa shape index (κ2) is 5.91. The van der Waals surface area contributed by atoms with Crippen LogP contribution in [0.3, 0.4) is 0 Å². The van der Waals surface area contributed by atoms with E-state index in [0.29, 0.717) is 28.7 Å². The molecule has 0 saturated heterocycles. The van der Waals surface area contributed by atoms with Gasteiger partial charge in [0, 0.05) is 17.3 Å². The standard InChI is InChI=1S/C14H17ClN2O/c15-11-6-7-13(16)12(8-11)14(18)17-9-10-4-2-1-3-5-10/h1-2,6-8,10H,3-5,9,16H2,(H,17,18). The summed E-state index contributed by atoms with van der Waals surface area (Å²) in [6.45, 7) is 0.690. The van der Waals surface area contributed by atoms with Crippen molar-refractivity contribution in [3.8, 4) is 0 Å². The van der Waals surface area contributed by atoms with Gasteiger partial charge in [0.1, 0.15) is 0 Å². The molecule has 96 valence electrons. The summed E-state index contributed by atoms with van der Waals surface area (Å²) in [6, 6.07) is 4.94. The summed E-state index contributed by atoms with van der Waals surface area (Å²) in [5.41, 5.74) is 6.68. The lowest BCUT2D eigenvalue weighted by Gasteiger charge is -2.18. The molecule has 0 aliphatic heterocycles. The average Bonchev–Trinajstić information content (AvgIpc) is 2.40. The molecule has 2 rings (SSSR count). The molecule has 0 aromatic heterocycles. The summed E-state index contributed by atoms with van der Waals surface area (Å²) in [7, 11) is 0. The first kappa shape index (κ1) is 13.0. The van der Waals surface area contributed by atoms with Gasteiger partial charge < -0.3 is 11.1 Å². The maximum Gasteiger partial charge on any atom is 0.253 e. The molecule has 0 radical (unpaired) electrons. The van der Waals surface area contributed by atoms with Gasteiger partial charge in [-0.25, -0.2) is 0 Å². The van der Waals surface area contributed by atoms with E-state index in [0.717, 1.165) is 19.3 Å². The van der Waals surface area contributed by atoms with Crippen LogP contribution in [0.25, 0.3) is 0 Å². The Morgan fingerprint density at radius 2 is 2.28 bits per heavy atom. The Hall–Kier alpha value is -1.48. The Labute approximate surface area is 112 Å². The number of hydrogen-bond donors (Lipinski definition) is 2. The molecule has 1 aliphatic rings. The van der Waals surface area contributed by atoms with Gasteiger partial charge in [-0.05, 0) is 43.4 Å². The molecular formula is C14H17ClN2O. The van der Waals surface area contributed by atoms with Gasteiger partial charge >= 0.3 is 0 Å². The number of benzene rings is 1. The highest BCUT2D eigenvalue weighted by Crippen LogP contribution is 2.19. The first-order chi connectivity index (χ1) is 8.66. The summed E-state index contributed by atoms with van der Waals surface area (Å²) in [5, 5.41) is 3.45. The van der Waals surface area contributed by atoms with Crippen molar-refractivity contribution in [2.45, 2.75) is 19.3 Å². The van der Waals surface area contributed by atoms with Gasteiger partial charge in [-0.15, -0.1) is 0 Å². The van der Waals surface area contributed by atoms with E-state index < -0.39 is 0 Å². The highest BCUT2D eigenvalue weighted by atomic mass is 35.5. The molecule has 1 aliphatic carbocycles. The van der Waals surface area contributed by atoms with E-state index in [4.69, 9.17) is 17.3 Å². The number of anilines is 1. The maximum absolute atomic E-state index is 12.0. The number of rotatable bonds is 3. The van der Waals surface area contributed by atoms with Gasteiger partial charge in [0.05, 0.1) is 5.56 Å². The van der Waals surface area contributed by atoms with Crippen LogP contribution in [-0.2, 0) is 0 Å². The average molecular weight is 265 g/mol. The molecule has 0 bridgehead atoms. The number of carbonyl (C=O) groups is 1. The van der Waals surface area contributed by atoms with Crippen molar-refractivity contribution < 1.29 is 4.79 Å². The van der Waals surface area contributed by atoms with Crippen LogP contribution in [0.4, 0.5) is 5.69 Å². The largest absolute Gasteiger partial charge is 0.398 e. The van der Waals surface area contributed by atoms with Crippen molar-refractivity contribution in [2.24, 2.45) is 5.92 Å². The minimum Gasteiger partial charge on any atom is -0.398 e. The summed E-state index contributed by atoms with van der Waals surface area (Å²) < 4.78 is 0. The summed E-state index contributed by atoms with van der Waals surface area (Å²) in [5.74, 6) is 0.379. The zero-order valence-corrected chi connectivity index (χ0v) is 10.9. The van der Waals surface area contributed by atoms with Crippen LogP contribution in [0.5, 0.6) is 0 Å². The predicted molar refractivity (Wildman–Crippen MR) is 74.7 cm³/mol. The maximum atomic E-state index is 12.0. The van der Waals surface area contributed by atoms with E-state index in [9.17, 15) is 4.79 Å². The van der Waals surface area contributed by atoms with Gasteiger partial charge in [0.15, 0.2) is 0 Å². The number of amides is 1. The molecule has 3 nitrogen and oxygen atoms in total. The highest BCUT2D eigenvalue weighted by molar-refractivity contribution is 6.31. The van der Waals surface area contributed by atoms with Crippen LogP contribution in [0.2, 0.25) is 5.02 Å². The van der Waals surface area contributed by atoms with E-state index in [1.165, 1.54) is 0 Å². The van der Waals surface area contributed by atoms with Gasteiger partial charge in [-0.1, -0.05) is 23.8 Å². The minimum atomic E-state index is -0.149. The van der Waals surface area contributed by atoms with Crippen LogP contribution in [0.1, 0.15) is 29.6 Å². The van der Waals surface area contributed by atoms with Gasteiger partial charge in [0.2, 0.25) is 0 Å². The number of hydrogen-bond acceptors (Lipinski definition) is 2. The summed E-state index contributed by atoms with van der Waals surface area (Å²) in [6.07, 6.45) is 7.62. The normalized spacial score (nSPS) is 18.6. The molecule has 1 aromatic carbocycles. The number of nitrogens with two attached hydrogens (primary N) is 1. The molecule has 3 N–H and O–H groups in total. The van der Waals surface area contributed by atoms with E-state index in [2.05, 4.69) is 17.5 Å². The monoisotopic (exact) mass is 264 g/mol. The van der Waals surface area contributed by atoms with Gasteiger partial charge in [-0.3, -0.25) is 4.79 Å². The van der Waals surface area contributed by atoms with Crippen LogP contribution in [0.15, 0.2) is 30.4 Å². The molecule has 1 amide bonds. The van der Waals surface area contributed by atoms with Crippen molar-refractivity contribution in [3.63, 3.8) is 0 Å². The SMILES string of the molecule is Nc1ccc(Cl)cc1C(=O)NCC1CC=CCC1. The van der Waals surface area contributed by atoms with Crippen molar-refractivity contribution in [1.29, 1.82) is 0 Å². The summed E-state index contributed by atoms with van der Waals surface area (Å²) >= 11 is 5.87. The van der Waals surface area contributed by atoms with Crippen LogP contribution < -0.4 is 11.1 Å². The molecule has 18 heavy (non-hydrogen) atoms. The Morgan fingerprint density at radius 1 is 1.44 bits per heavy atom. The highest BCUT2D eigenvalue weighted by Gasteiger charge is 2.14. The molecule has 0 heterocycles. The van der Waals surface area contributed by atoms with Crippen molar-refractivity contribution in [1.82, 2.24) is 5.32 Å². The Morgan fingerprint density at radius 3 is 3.00 bits per heavy atom. The second-order valence-corrected chi connectivity index (χ2v) is 5.03. The number of nitrogen functional groups attached to an aromatic ring is 1. The Kier molecular flexibility index (Phi) is 4.26. The lowest BCUT2D eigenvalue weighted by molar-refractivity contribution is 0.0947. The third-order valence-electron chi connectivity index (χ3n) is 3.19. The first-order valence-corrected chi connectivity index (χ1v) is 6.53. The third-order valence-corrected chi connectivity index (χ3v) is 3.42. The number of nitrogens with one attached hydrogen (secondary N) is 1. The molecule has 1 aromatic rings. The predicted octanol–water partition coefficient (Wildman–Crippen LogP) is 3.01. The Balaban J connectivity index is 1.95. The van der Waals surface area contributed by atoms with E-state index in [1.54, 1.807) is 18.2 Å². The molecular weight excluding hydrogens is 248 g/mol. The number of halogens is 1. The fourth-order valence-electron chi connectivity index (χ4n) is 2.10. The van der Waals surface area contributed by atoms with E-state index >= 15 is 0 Å². The Bertz CT molecular complexity index is 471. The van der Waals surface area contributed by atoms with Crippen LogP contribution in [0, 0.1) is 5.92 Å². The number of allylic oxidation sites excluding steroid dienone is 2. The fraction of sp³-hybridized carbons (Fsp3) is 0.357. The van der Waals surface area contributed by atoms with Crippen molar-refractivity contribution in [3.05, 3.63) is 40.9 Å². The zero-order chi connectivity index (χ0) is 13.0. The quantitative estimate of drug-likeness (QED) is 0.651. The van der Waals surface area contributed by atoms with Gasteiger partial charge in [0.25, 0.3) is 5.91 Å². The topological polar surface area (TPSA) is 55.1 Å². The molecule has 1 atom stereocenters. The molecule has 1 unspecified atom stereocenters. The van der Waals surface area contributed by atoms with Crippen LogP contribution in [-0.4, -0.2) is 12.5 Å². The molecule has 0 spiro atoms. The first-order valence-electron chi connectivity index (χ1n) is 6.15. The molecule has 4 heteroatoms. The van der Waals surface area contributed by atoms with Gasteiger partial charge in [-0.2, -0.15) is 0 Å². The lowest BCUT2D eigenvalue weighted by Crippen LogP contribution is -2.30. The van der Waals surface area contributed by atoms with E-state index in [-0.39, 0.29) is 5.91 Å². The second-order valence-electron chi connectivity index (χ2n) is 4.59. The zero-order valence-electron chi connectivity index (χ0n) is 10.2. The fourth-order valence-corrected chi connectivity index (χ4v) is 2.27.